The van der Waals surface area contributed by atoms with Crippen LogP contribution in [0.15, 0.2) is 48.5 Å². The SMILES string of the molecule is COc1ccc(/C=C\C(N)=O)cc1COc1ccccc1Cl. The van der Waals surface area contributed by atoms with E-state index in [1.165, 1.54) is 6.08 Å². The highest BCUT2D eigenvalue weighted by molar-refractivity contribution is 6.32. The predicted molar refractivity (Wildman–Crippen MR) is 87.0 cm³/mol. The molecule has 0 saturated heterocycles. The summed E-state index contributed by atoms with van der Waals surface area (Å²) in [5.74, 6) is 0.803. The van der Waals surface area contributed by atoms with Crippen LogP contribution in [0.3, 0.4) is 0 Å². The number of benzene rings is 2. The van der Waals surface area contributed by atoms with E-state index in [1.807, 2.05) is 30.3 Å². The third-order valence-electron chi connectivity index (χ3n) is 2.96. The Morgan fingerprint density at radius 2 is 2.00 bits per heavy atom. The summed E-state index contributed by atoms with van der Waals surface area (Å²) in [6.07, 6.45) is 2.95. The van der Waals surface area contributed by atoms with Crippen molar-refractivity contribution in [2.75, 3.05) is 7.11 Å². The Morgan fingerprint density at radius 1 is 1.23 bits per heavy atom. The zero-order valence-corrected chi connectivity index (χ0v) is 12.8. The van der Waals surface area contributed by atoms with E-state index in [4.69, 9.17) is 26.8 Å². The van der Waals surface area contributed by atoms with Gasteiger partial charge in [0.05, 0.1) is 12.1 Å². The number of carbonyl (C=O) groups is 1. The molecule has 1 amide bonds. The van der Waals surface area contributed by atoms with E-state index in [1.54, 1.807) is 25.3 Å². The van der Waals surface area contributed by atoms with E-state index < -0.39 is 5.91 Å². The second-order valence-electron chi connectivity index (χ2n) is 4.53. The second-order valence-corrected chi connectivity index (χ2v) is 4.93. The van der Waals surface area contributed by atoms with Gasteiger partial charge in [-0.25, -0.2) is 0 Å². The molecule has 114 valence electrons. The monoisotopic (exact) mass is 317 g/mol. The lowest BCUT2D eigenvalue weighted by Crippen LogP contribution is -2.05. The summed E-state index contributed by atoms with van der Waals surface area (Å²) in [7, 11) is 1.59. The van der Waals surface area contributed by atoms with Crippen LogP contribution >= 0.6 is 11.6 Å². The minimum Gasteiger partial charge on any atom is -0.496 e. The van der Waals surface area contributed by atoms with Crippen LogP contribution in [0, 0.1) is 0 Å². The van der Waals surface area contributed by atoms with Gasteiger partial charge in [0.15, 0.2) is 0 Å². The minimum atomic E-state index is -0.496. The van der Waals surface area contributed by atoms with Gasteiger partial charge in [-0.2, -0.15) is 0 Å². The number of nitrogens with two attached hydrogens (primary N) is 1. The molecule has 2 aromatic carbocycles. The van der Waals surface area contributed by atoms with Gasteiger partial charge in [0.2, 0.25) is 5.91 Å². The molecule has 2 N–H and O–H groups in total. The molecule has 0 spiro atoms. The molecule has 0 atom stereocenters. The van der Waals surface area contributed by atoms with Gasteiger partial charge < -0.3 is 15.2 Å². The lowest BCUT2D eigenvalue weighted by molar-refractivity contribution is -0.113. The predicted octanol–water partition coefficient (Wildman–Crippen LogP) is 3.43. The molecular formula is C17H16ClNO3. The Kier molecular flexibility index (Phi) is 5.44. The first-order valence-electron chi connectivity index (χ1n) is 6.62. The van der Waals surface area contributed by atoms with Gasteiger partial charge in [-0.05, 0) is 35.9 Å². The van der Waals surface area contributed by atoms with Crippen LogP contribution in [0.5, 0.6) is 11.5 Å². The average Bonchev–Trinajstić information content (AvgIpc) is 2.52. The fourth-order valence-electron chi connectivity index (χ4n) is 1.91. The third-order valence-corrected chi connectivity index (χ3v) is 3.28. The normalized spacial score (nSPS) is 10.6. The molecule has 2 aromatic rings. The lowest BCUT2D eigenvalue weighted by Gasteiger charge is -2.12. The van der Waals surface area contributed by atoms with E-state index in [2.05, 4.69) is 0 Å². The Bertz CT molecular complexity index is 698. The van der Waals surface area contributed by atoms with Crippen molar-refractivity contribution in [1.29, 1.82) is 0 Å². The Balaban J connectivity index is 2.19. The molecule has 0 aliphatic rings. The van der Waals surface area contributed by atoms with Gasteiger partial charge in [-0.3, -0.25) is 4.79 Å². The standard InChI is InChI=1S/C17H16ClNO3/c1-21-15-8-6-12(7-9-17(19)20)10-13(15)11-22-16-5-3-2-4-14(16)18/h2-10H,11H2,1H3,(H2,19,20)/b9-7-. The van der Waals surface area contributed by atoms with Gasteiger partial charge in [0.1, 0.15) is 18.1 Å². The Morgan fingerprint density at radius 3 is 2.68 bits per heavy atom. The van der Waals surface area contributed by atoms with E-state index in [0.717, 1.165) is 11.1 Å². The zero-order valence-electron chi connectivity index (χ0n) is 12.1. The maximum Gasteiger partial charge on any atom is 0.241 e. The number of primary amides is 1. The fraction of sp³-hybridized carbons (Fsp3) is 0.118. The number of para-hydroxylation sites is 1. The van der Waals surface area contributed by atoms with E-state index in [0.29, 0.717) is 23.1 Å². The van der Waals surface area contributed by atoms with Gasteiger partial charge in [0.25, 0.3) is 0 Å². The summed E-state index contributed by atoms with van der Waals surface area (Å²) in [5, 5.41) is 0.547. The number of hydrogen-bond acceptors (Lipinski definition) is 3. The van der Waals surface area contributed by atoms with Crippen molar-refractivity contribution in [3.05, 3.63) is 64.7 Å². The molecule has 4 nitrogen and oxygen atoms in total. The average molecular weight is 318 g/mol. The molecule has 0 bridgehead atoms. The molecule has 0 unspecified atom stereocenters. The Labute approximate surface area is 134 Å². The van der Waals surface area contributed by atoms with Crippen molar-refractivity contribution in [2.45, 2.75) is 6.61 Å². The number of halogens is 1. The van der Waals surface area contributed by atoms with Crippen molar-refractivity contribution >= 4 is 23.6 Å². The van der Waals surface area contributed by atoms with Crippen molar-refractivity contribution in [3.63, 3.8) is 0 Å². The molecule has 5 heteroatoms. The first-order chi connectivity index (χ1) is 10.6. The molecular weight excluding hydrogens is 302 g/mol. The Hall–Kier alpha value is -2.46. The highest BCUT2D eigenvalue weighted by Gasteiger charge is 2.06. The number of ether oxygens (including phenoxy) is 2. The molecule has 0 aliphatic carbocycles. The first-order valence-corrected chi connectivity index (χ1v) is 6.99. The molecule has 2 rings (SSSR count). The van der Waals surface area contributed by atoms with Crippen LogP contribution in [0.4, 0.5) is 0 Å². The summed E-state index contributed by atoms with van der Waals surface area (Å²) >= 11 is 6.06. The summed E-state index contributed by atoms with van der Waals surface area (Å²) < 4.78 is 11.0. The molecule has 0 aliphatic heterocycles. The summed E-state index contributed by atoms with van der Waals surface area (Å²) in [6, 6.07) is 12.8. The maximum atomic E-state index is 10.8. The van der Waals surface area contributed by atoms with Gasteiger partial charge in [-0.15, -0.1) is 0 Å². The maximum absolute atomic E-state index is 10.8. The van der Waals surface area contributed by atoms with Crippen molar-refractivity contribution in [1.82, 2.24) is 0 Å². The quantitative estimate of drug-likeness (QED) is 0.830. The molecule has 0 aromatic heterocycles. The van der Waals surface area contributed by atoms with Gasteiger partial charge in [-0.1, -0.05) is 29.8 Å². The van der Waals surface area contributed by atoms with Crippen LogP contribution < -0.4 is 15.2 Å². The summed E-state index contributed by atoms with van der Waals surface area (Å²) in [6.45, 7) is 0.297. The summed E-state index contributed by atoms with van der Waals surface area (Å²) in [5.41, 5.74) is 6.77. The number of hydrogen-bond donors (Lipinski definition) is 1. The number of methoxy groups -OCH3 is 1. The fourth-order valence-corrected chi connectivity index (χ4v) is 2.10. The van der Waals surface area contributed by atoms with Crippen LogP contribution in [0.1, 0.15) is 11.1 Å². The molecule has 0 fully saturated rings. The van der Waals surface area contributed by atoms with Crippen LogP contribution in [0.25, 0.3) is 6.08 Å². The van der Waals surface area contributed by atoms with E-state index in [9.17, 15) is 4.79 Å². The van der Waals surface area contributed by atoms with Gasteiger partial charge in [0, 0.05) is 11.6 Å². The molecule has 0 heterocycles. The third kappa shape index (κ3) is 4.27. The lowest BCUT2D eigenvalue weighted by atomic mass is 10.1. The largest absolute Gasteiger partial charge is 0.496 e. The smallest absolute Gasteiger partial charge is 0.241 e. The van der Waals surface area contributed by atoms with Crippen LogP contribution in [-0.4, -0.2) is 13.0 Å². The summed E-state index contributed by atoms with van der Waals surface area (Å²) in [4.78, 5) is 10.8. The topological polar surface area (TPSA) is 61.5 Å². The van der Waals surface area contributed by atoms with Crippen molar-refractivity contribution < 1.29 is 14.3 Å². The number of carbonyl (C=O) groups excluding carboxylic acids is 1. The molecule has 0 saturated carbocycles. The van der Waals surface area contributed by atoms with E-state index in [-0.39, 0.29) is 0 Å². The second kappa shape index (κ2) is 7.52. The van der Waals surface area contributed by atoms with E-state index >= 15 is 0 Å². The van der Waals surface area contributed by atoms with Gasteiger partial charge >= 0.3 is 0 Å². The highest BCUT2D eigenvalue weighted by atomic mass is 35.5. The van der Waals surface area contributed by atoms with Crippen LogP contribution in [-0.2, 0) is 11.4 Å². The number of amides is 1. The minimum absolute atomic E-state index is 0.297. The van der Waals surface area contributed by atoms with Crippen molar-refractivity contribution in [2.24, 2.45) is 5.73 Å². The van der Waals surface area contributed by atoms with Crippen molar-refractivity contribution in [3.8, 4) is 11.5 Å². The van der Waals surface area contributed by atoms with Crippen LogP contribution in [0.2, 0.25) is 5.02 Å². The first kappa shape index (κ1) is 15.9. The number of rotatable bonds is 6. The zero-order chi connectivity index (χ0) is 15.9. The highest BCUT2D eigenvalue weighted by Crippen LogP contribution is 2.27. The molecule has 22 heavy (non-hydrogen) atoms. The molecule has 0 radical (unpaired) electrons.